The molecule has 2 fully saturated rings. The minimum atomic E-state index is -0.126. The summed E-state index contributed by atoms with van der Waals surface area (Å²) >= 11 is 0. The maximum absolute atomic E-state index is 9.66. The van der Waals surface area contributed by atoms with Crippen LogP contribution < -0.4 is 10.6 Å². The van der Waals surface area contributed by atoms with E-state index in [4.69, 9.17) is 9.73 Å². The SMILES string of the molecule is CCNC(=NCc1ccc(CN2CCOCC2)cc1)NC1CCC(O)CC1. The first kappa shape index (κ1) is 20.1. The molecule has 1 heterocycles. The van der Waals surface area contributed by atoms with Gasteiger partial charge in [-0.25, -0.2) is 4.99 Å². The van der Waals surface area contributed by atoms with Gasteiger partial charge in [-0.1, -0.05) is 24.3 Å². The molecule has 0 radical (unpaired) electrons. The van der Waals surface area contributed by atoms with Gasteiger partial charge in [0.05, 0.1) is 25.9 Å². The lowest BCUT2D eigenvalue weighted by Crippen LogP contribution is -2.45. The molecule has 1 aromatic carbocycles. The van der Waals surface area contributed by atoms with Gasteiger partial charge >= 0.3 is 0 Å². The van der Waals surface area contributed by atoms with E-state index in [1.165, 1.54) is 11.1 Å². The van der Waals surface area contributed by atoms with Gasteiger partial charge in [0, 0.05) is 32.2 Å². The van der Waals surface area contributed by atoms with Crippen molar-refractivity contribution in [2.75, 3.05) is 32.8 Å². The molecule has 0 bridgehead atoms. The highest BCUT2D eigenvalue weighted by atomic mass is 16.5. The molecule has 1 aliphatic carbocycles. The standard InChI is InChI=1S/C21H34N4O2/c1-2-22-21(24-19-7-9-20(26)10-8-19)23-15-17-3-5-18(6-4-17)16-25-11-13-27-14-12-25/h3-6,19-20,26H,2,7-16H2,1H3,(H2,22,23,24). The van der Waals surface area contributed by atoms with Gasteiger partial charge in [-0.05, 0) is 43.7 Å². The van der Waals surface area contributed by atoms with Gasteiger partial charge in [0.1, 0.15) is 0 Å². The van der Waals surface area contributed by atoms with Crippen LogP contribution in [0.2, 0.25) is 0 Å². The van der Waals surface area contributed by atoms with Gasteiger partial charge in [0.15, 0.2) is 5.96 Å². The summed E-state index contributed by atoms with van der Waals surface area (Å²) in [6.45, 7) is 8.30. The van der Waals surface area contributed by atoms with Crippen molar-refractivity contribution in [3.05, 3.63) is 35.4 Å². The van der Waals surface area contributed by atoms with Crippen LogP contribution in [0.4, 0.5) is 0 Å². The van der Waals surface area contributed by atoms with Crippen LogP contribution in [0.3, 0.4) is 0 Å². The van der Waals surface area contributed by atoms with E-state index in [0.29, 0.717) is 12.6 Å². The highest BCUT2D eigenvalue weighted by Gasteiger charge is 2.19. The first-order valence-corrected chi connectivity index (χ1v) is 10.3. The van der Waals surface area contributed by atoms with Crippen LogP contribution in [0.1, 0.15) is 43.7 Å². The highest BCUT2D eigenvalue weighted by molar-refractivity contribution is 5.80. The number of morpholine rings is 1. The Hall–Kier alpha value is -1.63. The predicted molar refractivity (Wildman–Crippen MR) is 109 cm³/mol. The fraction of sp³-hybridized carbons (Fsp3) is 0.667. The van der Waals surface area contributed by atoms with E-state index in [2.05, 4.69) is 46.7 Å². The molecule has 1 saturated heterocycles. The summed E-state index contributed by atoms with van der Waals surface area (Å²) in [4.78, 5) is 7.18. The molecule has 2 aliphatic rings. The summed E-state index contributed by atoms with van der Waals surface area (Å²) in [5.41, 5.74) is 2.56. The molecule has 0 atom stereocenters. The average molecular weight is 375 g/mol. The minimum Gasteiger partial charge on any atom is -0.393 e. The van der Waals surface area contributed by atoms with Crippen molar-refractivity contribution >= 4 is 5.96 Å². The lowest BCUT2D eigenvalue weighted by atomic mass is 9.93. The Morgan fingerprint density at radius 3 is 2.44 bits per heavy atom. The van der Waals surface area contributed by atoms with Gasteiger partial charge in [-0.3, -0.25) is 4.90 Å². The molecular formula is C21H34N4O2. The lowest BCUT2D eigenvalue weighted by molar-refractivity contribution is 0.0342. The lowest BCUT2D eigenvalue weighted by Gasteiger charge is -2.27. The van der Waals surface area contributed by atoms with Crippen molar-refractivity contribution in [3.8, 4) is 0 Å². The third kappa shape index (κ3) is 6.79. The second kappa shape index (κ2) is 10.6. The number of aliphatic hydroxyl groups is 1. The monoisotopic (exact) mass is 374 g/mol. The molecule has 0 amide bonds. The van der Waals surface area contributed by atoms with E-state index < -0.39 is 0 Å². The molecule has 3 rings (SSSR count). The van der Waals surface area contributed by atoms with Crippen molar-refractivity contribution < 1.29 is 9.84 Å². The molecule has 1 aliphatic heterocycles. The van der Waals surface area contributed by atoms with E-state index >= 15 is 0 Å². The van der Waals surface area contributed by atoms with E-state index in [1.807, 2.05) is 0 Å². The molecule has 6 heteroatoms. The van der Waals surface area contributed by atoms with E-state index in [9.17, 15) is 5.11 Å². The van der Waals surface area contributed by atoms with Crippen molar-refractivity contribution in [2.24, 2.45) is 4.99 Å². The number of aliphatic imine (C=N–C) groups is 1. The minimum absolute atomic E-state index is 0.126. The first-order valence-electron chi connectivity index (χ1n) is 10.3. The third-order valence-electron chi connectivity index (χ3n) is 5.33. The first-order chi connectivity index (χ1) is 13.2. The van der Waals surface area contributed by atoms with Gasteiger partial charge in [-0.15, -0.1) is 0 Å². The Labute approximate surface area is 163 Å². The van der Waals surface area contributed by atoms with E-state index in [0.717, 1.165) is 71.0 Å². The zero-order chi connectivity index (χ0) is 18.9. The normalized spacial score (nSPS) is 24.6. The van der Waals surface area contributed by atoms with Crippen LogP contribution in [-0.2, 0) is 17.8 Å². The Kier molecular flexibility index (Phi) is 7.93. The number of nitrogens with zero attached hydrogens (tertiary/aromatic N) is 2. The molecule has 27 heavy (non-hydrogen) atoms. The van der Waals surface area contributed by atoms with Gasteiger partial charge in [-0.2, -0.15) is 0 Å². The number of hydrogen-bond acceptors (Lipinski definition) is 4. The number of ether oxygens (including phenoxy) is 1. The van der Waals surface area contributed by atoms with Crippen LogP contribution in [0.25, 0.3) is 0 Å². The van der Waals surface area contributed by atoms with Crippen LogP contribution in [0, 0.1) is 0 Å². The molecule has 150 valence electrons. The number of rotatable bonds is 6. The van der Waals surface area contributed by atoms with Gasteiger partial charge < -0.3 is 20.5 Å². The number of nitrogens with one attached hydrogen (secondary N) is 2. The highest BCUT2D eigenvalue weighted by Crippen LogP contribution is 2.18. The summed E-state index contributed by atoms with van der Waals surface area (Å²) < 4.78 is 5.41. The fourth-order valence-electron chi connectivity index (χ4n) is 3.67. The molecule has 0 unspecified atom stereocenters. The molecular weight excluding hydrogens is 340 g/mol. The van der Waals surface area contributed by atoms with E-state index in [1.54, 1.807) is 0 Å². The van der Waals surface area contributed by atoms with Crippen molar-refractivity contribution in [2.45, 2.75) is 57.8 Å². The number of aliphatic hydroxyl groups excluding tert-OH is 1. The molecule has 3 N–H and O–H groups in total. The maximum Gasteiger partial charge on any atom is 0.191 e. The number of hydrogen-bond donors (Lipinski definition) is 3. The average Bonchev–Trinajstić information content (AvgIpc) is 2.70. The molecule has 6 nitrogen and oxygen atoms in total. The largest absolute Gasteiger partial charge is 0.393 e. The Morgan fingerprint density at radius 1 is 1.11 bits per heavy atom. The Balaban J connectivity index is 1.50. The summed E-state index contributed by atoms with van der Waals surface area (Å²) in [5.74, 6) is 0.872. The van der Waals surface area contributed by atoms with Gasteiger partial charge in [0.25, 0.3) is 0 Å². The van der Waals surface area contributed by atoms with Crippen molar-refractivity contribution in [3.63, 3.8) is 0 Å². The van der Waals surface area contributed by atoms with Gasteiger partial charge in [0.2, 0.25) is 0 Å². The summed E-state index contributed by atoms with van der Waals surface area (Å²) in [6, 6.07) is 9.19. The van der Waals surface area contributed by atoms with Crippen molar-refractivity contribution in [1.82, 2.24) is 15.5 Å². The Morgan fingerprint density at radius 2 is 1.78 bits per heavy atom. The smallest absolute Gasteiger partial charge is 0.191 e. The van der Waals surface area contributed by atoms with Crippen LogP contribution in [0.15, 0.2) is 29.3 Å². The second-order valence-corrected chi connectivity index (χ2v) is 7.55. The second-order valence-electron chi connectivity index (χ2n) is 7.55. The molecule has 1 aromatic rings. The van der Waals surface area contributed by atoms with Crippen LogP contribution in [0.5, 0.6) is 0 Å². The number of benzene rings is 1. The third-order valence-corrected chi connectivity index (χ3v) is 5.33. The molecule has 0 spiro atoms. The number of guanidine groups is 1. The zero-order valence-corrected chi connectivity index (χ0v) is 16.5. The topological polar surface area (TPSA) is 69.1 Å². The quantitative estimate of drug-likeness (QED) is 0.524. The summed E-state index contributed by atoms with van der Waals surface area (Å²) in [5, 5.41) is 16.5. The zero-order valence-electron chi connectivity index (χ0n) is 16.5. The van der Waals surface area contributed by atoms with Crippen molar-refractivity contribution in [1.29, 1.82) is 0 Å². The molecule has 0 aromatic heterocycles. The Bertz CT molecular complexity index is 576. The predicted octanol–water partition coefficient (Wildman–Crippen LogP) is 1.88. The summed E-state index contributed by atoms with van der Waals surface area (Å²) in [7, 11) is 0. The maximum atomic E-state index is 9.66. The molecule has 1 saturated carbocycles. The fourth-order valence-corrected chi connectivity index (χ4v) is 3.67. The van der Waals surface area contributed by atoms with E-state index in [-0.39, 0.29) is 6.10 Å². The summed E-state index contributed by atoms with van der Waals surface area (Å²) in [6.07, 6.45) is 3.63. The van der Waals surface area contributed by atoms with Crippen LogP contribution >= 0.6 is 0 Å². The van der Waals surface area contributed by atoms with Crippen LogP contribution in [-0.4, -0.2) is 61.0 Å².